The number of carbonyl (C=O) groups excluding carboxylic acids is 3. The van der Waals surface area contributed by atoms with Crippen LogP contribution in [0, 0.1) is 5.92 Å². The third-order valence-corrected chi connectivity index (χ3v) is 8.26. The molecule has 0 unspecified atom stereocenters. The summed E-state index contributed by atoms with van der Waals surface area (Å²) < 4.78 is 11.0. The minimum atomic E-state index is -0.849. The van der Waals surface area contributed by atoms with Crippen molar-refractivity contribution in [3.63, 3.8) is 0 Å². The number of ether oxygens (including phenoxy) is 2. The van der Waals surface area contributed by atoms with Gasteiger partial charge in [0.1, 0.15) is 10.8 Å². The van der Waals surface area contributed by atoms with E-state index in [9.17, 15) is 14.4 Å². The molecule has 1 aliphatic rings. The quantitative estimate of drug-likeness (QED) is 0.165. The van der Waals surface area contributed by atoms with Crippen LogP contribution in [0.3, 0.4) is 0 Å². The number of esters is 1. The van der Waals surface area contributed by atoms with Gasteiger partial charge in [-0.25, -0.2) is 10.2 Å². The van der Waals surface area contributed by atoms with E-state index in [4.69, 9.17) is 32.7 Å². The molecule has 1 aromatic heterocycles. The number of rotatable bonds is 9. The van der Waals surface area contributed by atoms with Crippen molar-refractivity contribution in [2.24, 2.45) is 11.0 Å². The van der Waals surface area contributed by atoms with Crippen LogP contribution in [0.2, 0.25) is 10.0 Å². The van der Waals surface area contributed by atoms with Crippen molar-refractivity contribution >= 4 is 63.5 Å². The minimum absolute atomic E-state index is 0.259. The van der Waals surface area contributed by atoms with E-state index in [1.54, 1.807) is 56.3 Å². The molecule has 1 heterocycles. The number of benzene rings is 2. The Hall–Kier alpha value is -3.40. The maximum absolute atomic E-state index is 13.0. The predicted molar refractivity (Wildman–Crippen MR) is 158 cm³/mol. The fraction of sp³-hybridized carbons (Fsp3) is 0.310. The summed E-state index contributed by atoms with van der Waals surface area (Å²) in [6.45, 7) is 5.79. The van der Waals surface area contributed by atoms with E-state index in [-0.39, 0.29) is 12.5 Å². The largest absolute Gasteiger partial charge is 0.481 e. The normalized spacial score (nSPS) is 15.3. The SMILES string of the molecule is CCOC(=O)c1c(NC(=O)c2ccc(O[C@H](C)C(=O)N/N=C\c3ccc(Cl)c(Cl)c3)cc2)sc2c1CC[C@H](C)C2. The molecule has 2 atom stereocenters. The summed E-state index contributed by atoms with van der Waals surface area (Å²) in [7, 11) is 0. The highest BCUT2D eigenvalue weighted by molar-refractivity contribution is 7.17. The molecule has 210 valence electrons. The lowest BCUT2D eigenvalue weighted by Gasteiger charge is -2.18. The van der Waals surface area contributed by atoms with Crippen molar-refractivity contribution in [2.45, 2.75) is 46.1 Å². The zero-order chi connectivity index (χ0) is 28.8. The van der Waals surface area contributed by atoms with E-state index in [1.807, 2.05) is 0 Å². The van der Waals surface area contributed by atoms with Gasteiger partial charge in [0.05, 0.1) is 28.4 Å². The molecule has 2 aromatic carbocycles. The van der Waals surface area contributed by atoms with Crippen molar-refractivity contribution in [1.82, 2.24) is 5.43 Å². The second-order valence-electron chi connectivity index (χ2n) is 9.42. The molecule has 4 rings (SSSR count). The first-order valence-corrected chi connectivity index (χ1v) is 14.4. The monoisotopic (exact) mass is 601 g/mol. The first-order chi connectivity index (χ1) is 19.2. The van der Waals surface area contributed by atoms with Crippen LogP contribution in [0.5, 0.6) is 5.75 Å². The number of halogens is 2. The Morgan fingerprint density at radius 3 is 2.60 bits per heavy atom. The summed E-state index contributed by atoms with van der Waals surface area (Å²) in [6.07, 6.45) is 3.25. The van der Waals surface area contributed by atoms with Gasteiger partial charge in [0.15, 0.2) is 6.10 Å². The maximum atomic E-state index is 13.0. The van der Waals surface area contributed by atoms with Gasteiger partial charge in [-0.3, -0.25) is 9.59 Å². The molecule has 0 saturated carbocycles. The van der Waals surface area contributed by atoms with Crippen LogP contribution < -0.4 is 15.5 Å². The lowest BCUT2D eigenvalue weighted by molar-refractivity contribution is -0.127. The molecule has 0 saturated heterocycles. The van der Waals surface area contributed by atoms with Crippen molar-refractivity contribution in [1.29, 1.82) is 0 Å². The van der Waals surface area contributed by atoms with E-state index in [2.05, 4.69) is 22.8 Å². The van der Waals surface area contributed by atoms with Gasteiger partial charge in [0.2, 0.25) is 0 Å². The number of hydrogen-bond acceptors (Lipinski definition) is 7. The van der Waals surface area contributed by atoms with Gasteiger partial charge in [-0.15, -0.1) is 11.3 Å². The zero-order valence-electron chi connectivity index (χ0n) is 22.3. The molecule has 11 heteroatoms. The van der Waals surface area contributed by atoms with E-state index in [1.165, 1.54) is 17.6 Å². The lowest BCUT2D eigenvalue weighted by Crippen LogP contribution is -2.33. The number of nitrogens with one attached hydrogen (secondary N) is 2. The lowest BCUT2D eigenvalue weighted by atomic mass is 9.88. The number of hydrogen-bond donors (Lipinski definition) is 2. The van der Waals surface area contributed by atoms with Gasteiger partial charge in [0.25, 0.3) is 11.8 Å². The van der Waals surface area contributed by atoms with E-state index >= 15 is 0 Å². The first kappa shape index (κ1) is 29.6. The number of nitrogens with zero attached hydrogens (tertiary/aromatic N) is 1. The Morgan fingerprint density at radius 2 is 1.90 bits per heavy atom. The van der Waals surface area contributed by atoms with Gasteiger partial charge in [-0.1, -0.05) is 36.2 Å². The van der Waals surface area contributed by atoms with E-state index in [0.717, 1.165) is 29.7 Å². The van der Waals surface area contributed by atoms with Gasteiger partial charge < -0.3 is 14.8 Å². The molecule has 0 radical (unpaired) electrons. The van der Waals surface area contributed by atoms with Gasteiger partial charge >= 0.3 is 5.97 Å². The number of amides is 2. The fourth-order valence-corrected chi connectivity index (χ4v) is 5.93. The summed E-state index contributed by atoms with van der Waals surface area (Å²) in [5.41, 5.74) is 4.91. The molecule has 3 aromatic rings. The number of hydrazone groups is 1. The molecule has 2 amide bonds. The highest BCUT2D eigenvalue weighted by Gasteiger charge is 2.29. The van der Waals surface area contributed by atoms with Crippen molar-refractivity contribution in [3.05, 3.63) is 79.6 Å². The number of fused-ring (bicyclic) bond motifs is 1. The zero-order valence-corrected chi connectivity index (χ0v) is 24.6. The van der Waals surface area contributed by atoms with Crippen LogP contribution in [0.4, 0.5) is 5.00 Å². The second-order valence-corrected chi connectivity index (χ2v) is 11.3. The summed E-state index contributed by atoms with van der Waals surface area (Å²) in [6, 6.07) is 11.4. The topological polar surface area (TPSA) is 106 Å². The number of anilines is 1. The molecule has 8 nitrogen and oxygen atoms in total. The van der Waals surface area contributed by atoms with Crippen LogP contribution in [-0.2, 0) is 22.4 Å². The Morgan fingerprint density at radius 1 is 1.15 bits per heavy atom. The van der Waals surface area contributed by atoms with Gasteiger partial charge in [-0.2, -0.15) is 5.10 Å². The fourth-order valence-electron chi connectivity index (χ4n) is 4.23. The molecule has 40 heavy (non-hydrogen) atoms. The summed E-state index contributed by atoms with van der Waals surface area (Å²) in [4.78, 5) is 39.3. The molecular formula is C29H29Cl2N3O5S. The third kappa shape index (κ3) is 7.21. The second kappa shape index (κ2) is 13.3. The summed E-state index contributed by atoms with van der Waals surface area (Å²) >= 11 is 13.3. The third-order valence-electron chi connectivity index (χ3n) is 6.35. The molecular weight excluding hydrogens is 573 g/mol. The highest BCUT2D eigenvalue weighted by atomic mass is 35.5. The standard InChI is InChI=1S/C29H29Cl2N3O5S/c1-4-38-29(37)25-21-11-5-16(2)13-24(21)40-28(25)33-27(36)19-7-9-20(10-8-19)39-17(3)26(35)34-32-15-18-6-12-22(30)23(31)14-18/h6-10,12,14-17H,4-5,11,13H2,1-3H3,(H,33,36)(H,34,35)/b32-15-/t16-,17+/m0/s1. The molecule has 0 aliphatic heterocycles. The van der Waals surface area contributed by atoms with Crippen molar-refractivity contribution in [3.8, 4) is 5.75 Å². The maximum Gasteiger partial charge on any atom is 0.341 e. The molecule has 0 spiro atoms. The minimum Gasteiger partial charge on any atom is -0.481 e. The Balaban J connectivity index is 1.37. The Labute approximate surface area is 246 Å². The average molecular weight is 603 g/mol. The molecule has 1 aliphatic carbocycles. The van der Waals surface area contributed by atoms with Crippen LogP contribution in [0.1, 0.15) is 63.9 Å². The molecule has 2 N–H and O–H groups in total. The predicted octanol–water partition coefficient (Wildman–Crippen LogP) is 6.53. The highest BCUT2D eigenvalue weighted by Crippen LogP contribution is 2.40. The number of thiophene rings is 1. The Kier molecular flexibility index (Phi) is 9.84. The average Bonchev–Trinajstić information content (AvgIpc) is 3.27. The van der Waals surface area contributed by atoms with Crippen molar-refractivity contribution in [2.75, 3.05) is 11.9 Å². The summed E-state index contributed by atoms with van der Waals surface area (Å²) in [5.74, 6) is -0.300. The number of carbonyl (C=O) groups is 3. The van der Waals surface area contributed by atoms with Crippen LogP contribution in [0.25, 0.3) is 0 Å². The smallest absolute Gasteiger partial charge is 0.341 e. The molecule has 0 bridgehead atoms. The van der Waals surface area contributed by atoms with Crippen molar-refractivity contribution < 1.29 is 23.9 Å². The van der Waals surface area contributed by atoms with Crippen LogP contribution in [-0.4, -0.2) is 36.7 Å². The van der Waals surface area contributed by atoms with E-state index in [0.29, 0.717) is 43.4 Å². The van der Waals surface area contributed by atoms with E-state index < -0.39 is 18.0 Å². The first-order valence-electron chi connectivity index (χ1n) is 12.8. The van der Waals surface area contributed by atoms with Crippen LogP contribution in [0.15, 0.2) is 47.6 Å². The van der Waals surface area contributed by atoms with Crippen LogP contribution >= 0.6 is 34.5 Å². The Bertz CT molecular complexity index is 1440. The van der Waals surface area contributed by atoms with Gasteiger partial charge in [-0.05, 0) is 86.6 Å². The van der Waals surface area contributed by atoms with Gasteiger partial charge in [0, 0.05) is 10.4 Å². The summed E-state index contributed by atoms with van der Waals surface area (Å²) in [5, 5.41) is 8.14. The molecule has 0 fully saturated rings.